The molecule has 2 aliphatic rings. The Hall–Kier alpha value is -1.84. The van der Waals surface area contributed by atoms with Crippen LogP contribution in [0.15, 0.2) is 30.3 Å². The van der Waals surface area contributed by atoms with E-state index in [1.807, 2.05) is 35.2 Å². The lowest BCUT2D eigenvalue weighted by Gasteiger charge is -2.48. The Morgan fingerprint density at radius 2 is 1.69 bits per heavy atom. The van der Waals surface area contributed by atoms with Crippen LogP contribution in [-0.4, -0.2) is 28.9 Å². The van der Waals surface area contributed by atoms with Crippen molar-refractivity contribution in [3.05, 3.63) is 35.9 Å². The minimum Gasteiger partial charge on any atom is -0.445 e. The fraction of sp³-hybridized carbons (Fsp3) is 0.636. The Morgan fingerprint density at radius 1 is 1.08 bits per heavy atom. The van der Waals surface area contributed by atoms with Crippen LogP contribution < -0.4 is 0 Å². The van der Waals surface area contributed by atoms with Crippen molar-refractivity contribution in [1.82, 2.24) is 4.90 Å². The van der Waals surface area contributed by atoms with Gasteiger partial charge < -0.3 is 9.64 Å². The second kappa shape index (κ2) is 7.81. The number of fused-ring (bicyclic) bond motifs is 2. The first-order valence-electron chi connectivity index (χ1n) is 9.85. The highest BCUT2D eigenvalue weighted by atomic mass is 16.6. The first kappa shape index (κ1) is 18.9. The molecule has 4 nitrogen and oxygen atoms in total. The standard InChI is InChI=1S/C22H31NO3/c1-22(2,3)14-20(24)17-12-18-10-7-11-19(13-17)23(18)21(25)26-15-16-8-5-4-6-9-16/h4-6,8-9,17-19H,7,10-15H2,1-3H3. The van der Waals surface area contributed by atoms with Crippen LogP contribution in [0.5, 0.6) is 0 Å². The molecule has 2 bridgehead atoms. The number of carbonyl (C=O) groups excluding carboxylic acids is 2. The molecule has 26 heavy (non-hydrogen) atoms. The maximum Gasteiger partial charge on any atom is 0.410 e. The van der Waals surface area contributed by atoms with Gasteiger partial charge in [0.1, 0.15) is 12.4 Å². The molecule has 0 N–H and O–H groups in total. The molecule has 2 atom stereocenters. The summed E-state index contributed by atoms with van der Waals surface area (Å²) >= 11 is 0. The molecule has 2 heterocycles. The molecule has 3 rings (SSSR count). The van der Waals surface area contributed by atoms with E-state index in [9.17, 15) is 9.59 Å². The molecular formula is C22H31NO3. The number of nitrogens with zero attached hydrogens (tertiary/aromatic N) is 1. The molecule has 2 aliphatic heterocycles. The summed E-state index contributed by atoms with van der Waals surface area (Å²) in [5, 5.41) is 0. The Balaban J connectivity index is 1.61. The zero-order valence-corrected chi connectivity index (χ0v) is 16.2. The number of benzene rings is 1. The summed E-state index contributed by atoms with van der Waals surface area (Å²) in [5.74, 6) is 0.467. The molecular weight excluding hydrogens is 326 g/mol. The summed E-state index contributed by atoms with van der Waals surface area (Å²) in [6.45, 7) is 6.65. The number of rotatable bonds is 4. The summed E-state index contributed by atoms with van der Waals surface area (Å²) < 4.78 is 5.58. The third-order valence-electron chi connectivity index (χ3n) is 5.55. The van der Waals surface area contributed by atoms with Crippen molar-refractivity contribution in [2.24, 2.45) is 11.3 Å². The van der Waals surface area contributed by atoms with Gasteiger partial charge in [-0.25, -0.2) is 4.79 Å². The number of carbonyl (C=O) groups is 2. The van der Waals surface area contributed by atoms with Gasteiger partial charge in [0.05, 0.1) is 0 Å². The Labute approximate surface area is 156 Å². The molecule has 1 aromatic rings. The second-order valence-corrected chi connectivity index (χ2v) is 9.06. The predicted molar refractivity (Wildman–Crippen MR) is 102 cm³/mol. The van der Waals surface area contributed by atoms with Gasteiger partial charge >= 0.3 is 6.09 Å². The molecule has 1 aromatic carbocycles. The second-order valence-electron chi connectivity index (χ2n) is 9.06. The number of Topliss-reactive ketones (excluding diaryl/α,β-unsaturated/α-hetero) is 1. The van der Waals surface area contributed by atoms with Gasteiger partial charge in [0.2, 0.25) is 0 Å². The molecule has 1 amide bonds. The summed E-state index contributed by atoms with van der Waals surface area (Å²) in [5.41, 5.74) is 1.03. The fourth-order valence-corrected chi connectivity index (χ4v) is 4.40. The maximum absolute atomic E-state index is 12.7. The molecule has 2 fully saturated rings. The third-order valence-corrected chi connectivity index (χ3v) is 5.55. The quantitative estimate of drug-likeness (QED) is 0.765. The zero-order chi connectivity index (χ0) is 18.7. The van der Waals surface area contributed by atoms with Gasteiger partial charge in [-0.3, -0.25) is 4.79 Å². The van der Waals surface area contributed by atoms with E-state index in [1.54, 1.807) is 0 Å². The van der Waals surface area contributed by atoms with Gasteiger partial charge in [-0.05, 0) is 43.1 Å². The van der Waals surface area contributed by atoms with Crippen LogP contribution >= 0.6 is 0 Å². The zero-order valence-electron chi connectivity index (χ0n) is 16.2. The molecule has 0 aliphatic carbocycles. The van der Waals surface area contributed by atoms with Gasteiger partial charge in [0.25, 0.3) is 0 Å². The highest BCUT2D eigenvalue weighted by molar-refractivity contribution is 5.82. The molecule has 4 heteroatoms. The number of ketones is 1. The largest absolute Gasteiger partial charge is 0.445 e. The van der Waals surface area contributed by atoms with Crippen molar-refractivity contribution < 1.29 is 14.3 Å². The molecule has 0 aromatic heterocycles. The number of piperidine rings is 2. The van der Waals surface area contributed by atoms with Gasteiger partial charge in [-0.15, -0.1) is 0 Å². The van der Waals surface area contributed by atoms with E-state index in [0.29, 0.717) is 18.8 Å². The van der Waals surface area contributed by atoms with Crippen molar-refractivity contribution >= 4 is 11.9 Å². The molecule has 0 spiro atoms. The first-order chi connectivity index (χ1) is 12.3. The van der Waals surface area contributed by atoms with Gasteiger partial charge in [0, 0.05) is 24.4 Å². The topological polar surface area (TPSA) is 46.6 Å². The summed E-state index contributed by atoms with van der Waals surface area (Å²) in [6, 6.07) is 10.1. The third kappa shape index (κ3) is 4.66. The molecule has 142 valence electrons. The van der Waals surface area contributed by atoms with Gasteiger partial charge in [0.15, 0.2) is 0 Å². The van der Waals surface area contributed by atoms with Crippen molar-refractivity contribution in [2.75, 3.05) is 0 Å². The van der Waals surface area contributed by atoms with Crippen LogP contribution in [0, 0.1) is 11.3 Å². The average molecular weight is 357 g/mol. The molecule has 0 radical (unpaired) electrons. The lowest BCUT2D eigenvalue weighted by Crippen LogP contribution is -2.55. The number of hydrogen-bond donors (Lipinski definition) is 0. The lowest BCUT2D eigenvalue weighted by atomic mass is 9.74. The first-order valence-corrected chi connectivity index (χ1v) is 9.85. The fourth-order valence-electron chi connectivity index (χ4n) is 4.40. The number of amides is 1. The van der Waals surface area contributed by atoms with Crippen LogP contribution in [0.2, 0.25) is 0 Å². The van der Waals surface area contributed by atoms with Crippen molar-refractivity contribution in [2.45, 2.75) is 78.0 Å². The highest BCUT2D eigenvalue weighted by Crippen LogP contribution is 2.39. The monoisotopic (exact) mass is 357 g/mol. The summed E-state index contributed by atoms with van der Waals surface area (Å²) in [6.07, 6.45) is 5.10. The van der Waals surface area contributed by atoms with E-state index in [4.69, 9.17) is 4.74 Å². The number of ether oxygens (including phenoxy) is 1. The Bertz CT molecular complexity index is 621. The van der Waals surface area contributed by atoms with E-state index >= 15 is 0 Å². The average Bonchev–Trinajstić information content (AvgIpc) is 2.58. The smallest absolute Gasteiger partial charge is 0.410 e. The van der Waals surface area contributed by atoms with Crippen molar-refractivity contribution in [1.29, 1.82) is 0 Å². The van der Waals surface area contributed by atoms with Gasteiger partial charge in [-0.1, -0.05) is 51.1 Å². The normalized spacial score (nSPS) is 25.7. The molecule has 2 unspecified atom stereocenters. The molecule has 0 saturated carbocycles. The van der Waals surface area contributed by atoms with Crippen LogP contribution in [0.4, 0.5) is 4.79 Å². The van der Waals surface area contributed by atoms with E-state index < -0.39 is 0 Å². The van der Waals surface area contributed by atoms with Crippen molar-refractivity contribution in [3.63, 3.8) is 0 Å². The maximum atomic E-state index is 12.7. The van der Waals surface area contributed by atoms with Gasteiger partial charge in [-0.2, -0.15) is 0 Å². The predicted octanol–water partition coefficient (Wildman–Crippen LogP) is 4.96. The summed E-state index contributed by atoms with van der Waals surface area (Å²) in [4.78, 5) is 27.3. The van der Waals surface area contributed by atoms with E-state index in [2.05, 4.69) is 20.8 Å². The van der Waals surface area contributed by atoms with Crippen LogP contribution in [0.1, 0.15) is 64.9 Å². The Kier molecular flexibility index (Phi) is 5.69. The lowest BCUT2D eigenvalue weighted by molar-refractivity contribution is -0.128. The molecule has 2 saturated heterocycles. The van der Waals surface area contributed by atoms with E-state index in [0.717, 1.165) is 37.7 Å². The minimum absolute atomic E-state index is 0.0257. The van der Waals surface area contributed by atoms with Crippen LogP contribution in [0.25, 0.3) is 0 Å². The Morgan fingerprint density at radius 3 is 2.27 bits per heavy atom. The van der Waals surface area contributed by atoms with E-state index in [-0.39, 0.29) is 29.5 Å². The minimum atomic E-state index is -0.217. The van der Waals surface area contributed by atoms with Crippen LogP contribution in [0.3, 0.4) is 0 Å². The summed E-state index contributed by atoms with van der Waals surface area (Å²) in [7, 11) is 0. The van der Waals surface area contributed by atoms with E-state index in [1.165, 1.54) is 0 Å². The highest BCUT2D eigenvalue weighted by Gasteiger charge is 2.43. The van der Waals surface area contributed by atoms with Crippen LogP contribution in [-0.2, 0) is 16.1 Å². The SMILES string of the molecule is CC(C)(C)CC(=O)C1CC2CCCC(C1)N2C(=O)OCc1ccccc1. The van der Waals surface area contributed by atoms with Crippen molar-refractivity contribution in [3.8, 4) is 0 Å². The number of hydrogen-bond acceptors (Lipinski definition) is 3.